The highest BCUT2D eigenvalue weighted by Crippen LogP contribution is 2.30. The molecule has 1 unspecified atom stereocenters. The smallest absolute Gasteiger partial charge is 0.312 e. The molecule has 1 amide bonds. The Kier molecular flexibility index (Phi) is 3.95. The predicted octanol–water partition coefficient (Wildman–Crippen LogP) is 2.48. The Bertz CT molecular complexity index is 1090. The van der Waals surface area contributed by atoms with Crippen molar-refractivity contribution in [2.24, 2.45) is 0 Å². The van der Waals surface area contributed by atoms with Crippen molar-refractivity contribution < 1.29 is 14.7 Å². The van der Waals surface area contributed by atoms with Crippen LogP contribution in [-0.2, 0) is 11.3 Å². The summed E-state index contributed by atoms with van der Waals surface area (Å²) in [4.78, 5) is 31.2. The lowest BCUT2D eigenvalue weighted by atomic mass is 9.89. The number of carbonyl (C=O) groups is 2. The van der Waals surface area contributed by atoms with E-state index in [2.05, 4.69) is 10.1 Å². The molecule has 0 saturated carbocycles. The minimum atomic E-state index is -0.929. The summed E-state index contributed by atoms with van der Waals surface area (Å²) in [7, 11) is 0. The molecule has 1 N–H and O–H groups in total. The largest absolute Gasteiger partial charge is 0.481 e. The van der Waals surface area contributed by atoms with Gasteiger partial charge in [-0.05, 0) is 38.0 Å². The van der Waals surface area contributed by atoms with Crippen molar-refractivity contribution in [3.05, 3.63) is 64.1 Å². The summed E-state index contributed by atoms with van der Waals surface area (Å²) in [6.07, 6.45) is 0. The number of amides is 1. The first kappa shape index (κ1) is 17.2. The zero-order valence-electron chi connectivity index (χ0n) is 15.4. The summed E-state index contributed by atoms with van der Waals surface area (Å²) >= 11 is 0. The molecule has 27 heavy (non-hydrogen) atoms. The maximum atomic E-state index is 13.3. The third kappa shape index (κ3) is 2.75. The number of carbonyl (C=O) groups excluding carboxylic acids is 1. The lowest BCUT2D eigenvalue weighted by molar-refractivity contribution is -0.139. The summed E-state index contributed by atoms with van der Waals surface area (Å²) in [6, 6.07) is 9.30. The summed E-state index contributed by atoms with van der Waals surface area (Å²) in [5.41, 5.74) is 4.88. The number of aromatic nitrogens is 3. The van der Waals surface area contributed by atoms with Crippen molar-refractivity contribution in [1.29, 1.82) is 0 Å². The molecular weight excluding hydrogens is 344 g/mol. The van der Waals surface area contributed by atoms with E-state index in [4.69, 9.17) is 0 Å². The molecule has 0 spiro atoms. The van der Waals surface area contributed by atoms with Crippen LogP contribution in [0.1, 0.15) is 44.5 Å². The molecule has 1 atom stereocenters. The van der Waals surface area contributed by atoms with Crippen LogP contribution in [0.4, 0.5) is 0 Å². The van der Waals surface area contributed by atoms with Crippen molar-refractivity contribution in [2.45, 2.75) is 33.2 Å². The number of hydrogen-bond acceptors (Lipinski definition) is 4. The molecule has 0 bridgehead atoms. The monoisotopic (exact) mass is 364 g/mol. The first-order valence-electron chi connectivity index (χ1n) is 8.80. The molecule has 0 saturated heterocycles. The molecule has 7 heteroatoms. The van der Waals surface area contributed by atoms with Crippen LogP contribution in [0.3, 0.4) is 0 Å². The number of aliphatic carboxylic acids is 1. The van der Waals surface area contributed by atoms with Crippen molar-refractivity contribution in [3.63, 3.8) is 0 Å². The normalized spacial score (nSPS) is 16.4. The number of benzene rings is 1. The quantitative estimate of drug-likeness (QED) is 0.755. The Balaban J connectivity index is 1.79. The van der Waals surface area contributed by atoms with Gasteiger partial charge in [-0.25, -0.2) is 9.50 Å². The van der Waals surface area contributed by atoms with Gasteiger partial charge in [-0.3, -0.25) is 9.59 Å². The van der Waals surface area contributed by atoms with Gasteiger partial charge in [-0.2, -0.15) is 5.10 Å². The maximum absolute atomic E-state index is 13.3. The van der Waals surface area contributed by atoms with Crippen molar-refractivity contribution in [3.8, 4) is 0 Å². The number of fused-ring (bicyclic) bond motifs is 2. The predicted molar refractivity (Wildman–Crippen MR) is 98.8 cm³/mol. The third-order valence-electron chi connectivity index (χ3n) is 5.06. The Morgan fingerprint density at radius 2 is 1.93 bits per heavy atom. The molecule has 7 nitrogen and oxygen atoms in total. The van der Waals surface area contributed by atoms with E-state index in [0.717, 1.165) is 22.5 Å². The highest BCUT2D eigenvalue weighted by molar-refractivity contribution is 6.01. The highest BCUT2D eigenvalue weighted by atomic mass is 16.4. The van der Waals surface area contributed by atoms with Gasteiger partial charge in [-0.15, -0.1) is 0 Å². The molecule has 1 aromatic carbocycles. The second-order valence-corrected chi connectivity index (χ2v) is 7.01. The van der Waals surface area contributed by atoms with E-state index in [0.29, 0.717) is 23.4 Å². The number of rotatable bonds is 2. The molecule has 3 aromatic rings. The fourth-order valence-corrected chi connectivity index (χ4v) is 3.81. The van der Waals surface area contributed by atoms with Crippen LogP contribution in [0, 0.1) is 20.8 Å². The average Bonchev–Trinajstić information content (AvgIpc) is 2.96. The topological polar surface area (TPSA) is 87.8 Å². The highest BCUT2D eigenvalue weighted by Gasteiger charge is 2.34. The van der Waals surface area contributed by atoms with Crippen LogP contribution < -0.4 is 0 Å². The zero-order chi connectivity index (χ0) is 19.3. The lowest BCUT2D eigenvalue weighted by Crippen LogP contribution is -2.40. The SMILES string of the molecule is Cc1cc(C)n2nc(C)c(C(=O)N3Cc4ccccc4C(C(=O)O)C3)c2n1. The van der Waals surface area contributed by atoms with Crippen LogP contribution in [-0.4, -0.2) is 43.0 Å². The molecule has 4 rings (SSSR count). The average molecular weight is 364 g/mol. The van der Waals surface area contributed by atoms with E-state index in [-0.39, 0.29) is 12.5 Å². The first-order chi connectivity index (χ1) is 12.9. The van der Waals surface area contributed by atoms with Gasteiger partial charge in [-0.1, -0.05) is 24.3 Å². The van der Waals surface area contributed by atoms with Crippen LogP contribution >= 0.6 is 0 Å². The van der Waals surface area contributed by atoms with E-state index in [1.807, 2.05) is 44.2 Å². The van der Waals surface area contributed by atoms with Gasteiger partial charge in [0.25, 0.3) is 5.91 Å². The Hall–Kier alpha value is -3.22. The van der Waals surface area contributed by atoms with Gasteiger partial charge in [0.1, 0.15) is 5.56 Å². The van der Waals surface area contributed by atoms with Crippen molar-refractivity contribution in [1.82, 2.24) is 19.5 Å². The van der Waals surface area contributed by atoms with E-state index in [1.165, 1.54) is 0 Å². The molecule has 0 radical (unpaired) electrons. The van der Waals surface area contributed by atoms with Crippen LogP contribution in [0.25, 0.3) is 5.65 Å². The summed E-state index contributed by atoms with van der Waals surface area (Å²) in [6.45, 7) is 6.08. The first-order valence-corrected chi connectivity index (χ1v) is 8.80. The number of carboxylic acid groups (broad SMARTS) is 1. The molecule has 0 aliphatic carbocycles. The van der Waals surface area contributed by atoms with Gasteiger partial charge in [0.05, 0.1) is 11.6 Å². The van der Waals surface area contributed by atoms with E-state index < -0.39 is 11.9 Å². The second kappa shape index (κ2) is 6.19. The van der Waals surface area contributed by atoms with E-state index in [9.17, 15) is 14.7 Å². The van der Waals surface area contributed by atoms with Crippen molar-refractivity contribution >= 4 is 17.5 Å². The van der Waals surface area contributed by atoms with E-state index >= 15 is 0 Å². The van der Waals surface area contributed by atoms with E-state index in [1.54, 1.807) is 16.3 Å². The van der Waals surface area contributed by atoms with Crippen LogP contribution in [0.2, 0.25) is 0 Å². The molecule has 1 aliphatic rings. The van der Waals surface area contributed by atoms with Gasteiger partial charge >= 0.3 is 5.97 Å². The molecule has 1 aliphatic heterocycles. The lowest BCUT2D eigenvalue weighted by Gasteiger charge is -2.32. The summed E-state index contributed by atoms with van der Waals surface area (Å²) < 4.78 is 1.67. The Morgan fingerprint density at radius 3 is 2.67 bits per heavy atom. The summed E-state index contributed by atoms with van der Waals surface area (Å²) in [5.74, 6) is -1.90. The maximum Gasteiger partial charge on any atom is 0.312 e. The minimum absolute atomic E-state index is 0.132. The third-order valence-corrected chi connectivity index (χ3v) is 5.06. The fourth-order valence-electron chi connectivity index (χ4n) is 3.81. The van der Waals surface area contributed by atoms with Gasteiger partial charge in [0, 0.05) is 24.5 Å². The fraction of sp³-hybridized carbons (Fsp3) is 0.300. The Labute approximate surface area is 156 Å². The standard InChI is InChI=1S/C20H20N4O3/c1-11-8-12(2)24-18(21-11)17(13(3)22-24)19(25)23-9-14-6-4-5-7-15(14)16(10-23)20(26)27/h4-8,16H,9-10H2,1-3H3,(H,26,27). The number of hydrogen-bond donors (Lipinski definition) is 1. The zero-order valence-corrected chi connectivity index (χ0v) is 15.4. The molecule has 2 aromatic heterocycles. The summed E-state index contributed by atoms with van der Waals surface area (Å²) in [5, 5.41) is 14.1. The molecule has 0 fully saturated rings. The van der Waals surface area contributed by atoms with Gasteiger partial charge < -0.3 is 10.0 Å². The number of nitrogens with zero attached hydrogens (tertiary/aromatic N) is 4. The molecule has 138 valence electrons. The minimum Gasteiger partial charge on any atom is -0.481 e. The van der Waals surface area contributed by atoms with Crippen molar-refractivity contribution in [2.75, 3.05) is 6.54 Å². The van der Waals surface area contributed by atoms with Crippen LogP contribution in [0.15, 0.2) is 30.3 Å². The van der Waals surface area contributed by atoms with Crippen LogP contribution in [0.5, 0.6) is 0 Å². The molecule has 3 heterocycles. The number of aryl methyl sites for hydroxylation is 3. The Morgan fingerprint density at radius 1 is 1.19 bits per heavy atom. The second-order valence-electron chi connectivity index (χ2n) is 7.01. The number of carboxylic acids is 1. The van der Waals surface area contributed by atoms with Gasteiger partial charge in [0.15, 0.2) is 5.65 Å². The molecular formula is C20H20N4O3. The van der Waals surface area contributed by atoms with Gasteiger partial charge in [0.2, 0.25) is 0 Å².